The van der Waals surface area contributed by atoms with Crippen molar-refractivity contribution in [1.29, 1.82) is 0 Å². The van der Waals surface area contributed by atoms with E-state index in [-0.39, 0.29) is 12.3 Å². The van der Waals surface area contributed by atoms with E-state index in [0.717, 1.165) is 83.5 Å². The lowest BCUT2D eigenvalue weighted by Crippen LogP contribution is -2.46. The van der Waals surface area contributed by atoms with Gasteiger partial charge in [-0.15, -0.1) is 0 Å². The first-order valence-corrected chi connectivity index (χ1v) is 21.1. The fourth-order valence-electron chi connectivity index (χ4n) is 5.56. The van der Waals surface area contributed by atoms with E-state index in [0.29, 0.717) is 6.42 Å². The van der Waals surface area contributed by atoms with E-state index in [1.54, 1.807) is 6.08 Å². The van der Waals surface area contributed by atoms with Crippen LogP contribution in [0.25, 0.3) is 0 Å². The maximum absolute atomic E-state index is 12.5. The van der Waals surface area contributed by atoms with Gasteiger partial charge in [0, 0.05) is 6.42 Å². The number of nitrogens with one attached hydrogen (secondary N) is 1. The molecule has 0 aliphatic heterocycles. The summed E-state index contributed by atoms with van der Waals surface area (Å²) in [5.74, 6) is -1.00. The average molecular weight is 692 g/mol. The van der Waals surface area contributed by atoms with Gasteiger partial charge in [-0.1, -0.05) is 171 Å². The Kier molecular flexibility index (Phi) is 33.5. The van der Waals surface area contributed by atoms with Gasteiger partial charge in [-0.3, -0.25) is 9.35 Å². The fraction of sp³-hybridized carbons (Fsp3) is 0.732. The molecule has 2 unspecified atom stereocenters. The monoisotopic (exact) mass is 692 g/mol. The minimum atomic E-state index is -4.35. The molecule has 2 atom stereocenters. The molecule has 0 aromatic rings. The second-order valence-electron chi connectivity index (χ2n) is 13.2. The summed E-state index contributed by atoms with van der Waals surface area (Å²) in [4.78, 5) is 12.5. The van der Waals surface area contributed by atoms with Crippen molar-refractivity contribution in [3.05, 3.63) is 60.8 Å². The van der Waals surface area contributed by atoms with E-state index < -0.39 is 28.0 Å². The summed E-state index contributed by atoms with van der Waals surface area (Å²) >= 11 is 0. The highest BCUT2D eigenvalue weighted by molar-refractivity contribution is 7.85. The Hall–Kier alpha value is -1.96. The number of aliphatic hydroxyl groups excluding tert-OH is 1. The van der Waals surface area contributed by atoms with Crippen molar-refractivity contribution >= 4 is 16.0 Å². The Bertz CT molecular complexity index is 983. The van der Waals surface area contributed by atoms with Gasteiger partial charge >= 0.3 is 0 Å². The average Bonchev–Trinajstić information content (AvgIpc) is 3.05. The molecule has 0 aliphatic carbocycles. The van der Waals surface area contributed by atoms with E-state index in [4.69, 9.17) is 0 Å². The van der Waals surface area contributed by atoms with Crippen molar-refractivity contribution in [2.24, 2.45) is 0 Å². The second-order valence-corrected chi connectivity index (χ2v) is 14.7. The first-order chi connectivity index (χ1) is 23.3. The van der Waals surface area contributed by atoms with Crippen molar-refractivity contribution in [2.75, 3.05) is 5.75 Å². The lowest BCUT2D eigenvalue weighted by atomic mass is 10.0. The number of allylic oxidation sites excluding steroid dienone is 9. The number of carbonyl (C=O) groups excluding carboxylic acids is 1. The van der Waals surface area contributed by atoms with Crippen LogP contribution in [-0.2, 0) is 14.9 Å². The van der Waals surface area contributed by atoms with Crippen LogP contribution in [0, 0.1) is 0 Å². The molecule has 48 heavy (non-hydrogen) atoms. The van der Waals surface area contributed by atoms with Gasteiger partial charge in [0.15, 0.2) is 0 Å². The van der Waals surface area contributed by atoms with Gasteiger partial charge in [0.25, 0.3) is 10.1 Å². The van der Waals surface area contributed by atoms with E-state index in [1.807, 2.05) is 6.08 Å². The highest BCUT2D eigenvalue weighted by Gasteiger charge is 2.24. The standard InChI is InChI=1S/C41H73NO5S/c1-3-5-7-9-11-13-15-17-19-20-21-22-23-25-27-29-31-33-35-37-41(44)42-39(38-48(45,46)47)40(43)36-34-32-30-28-26-24-18-16-14-12-10-8-6-4-2/h5,7,11,13,17,19,21-22,34,36,39-40,43H,3-4,6,8-10,12,14-16,18,20,23-33,35,37-38H2,1-2H3,(H,42,44)(H,45,46,47)/b7-5-,13-11-,19-17-,22-21-,36-34+. The summed E-state index contributed by atoms with van der Waals surface area (Å²) in [7, 11) is -4.35. The molecule has 7 heteroatoms. The van der Waals surface area contributed by atoms with Crippen LogP contribution in [0.5, 0.6) is 0 Å². The van der Waals surface area contributed by atoms with Gasteiger partial charge in [0.05, 0.1) is 17.9 Å². The maximum atomic E-state index is 12.5. The van der Waals surface area contributed by atoms with Crippen LogP contribution in [0.3, 0.4) is 0 Å². The molecule has 0 rings (SSSR count). The zero-order valence-corrected chi connectivity index (χ0v) is 31.7. The number of amides is 1. The van der Waals surface area contributed by atoms with Crippen molar-refractivity contribution in [1.82, 2.24) is 5.32 Å². The zero-order valence-electron chi connectivity index (χ0n) is 30.8. The molecule has 0 aliphatic rings. The summed E-state index contributed by atoms with van der Waals surface area (Å²) < 4.78 is 32.4. The molecule has 0 aromatic heterocycles. The van der Waals surface area contributed by atoms with Crippen LogP contribution >= 0.6 is 0 Å². The Labute approximate surface area is 296 Å². The number of hydrogen-bond donors (Lipinski definition) is 3. The van der Waals surface area contributed by atoms with Crippen molar-refractivity contribution < 1.29 is 22.9 Å². The van der Waals surface area contributed by atoms with Crippen LogP contribution in [0.15, 0.2) is 60.8 Å². The normalized spacial score (nSPS) is 14.0. The summed E-state index contributed by atoms with van der Waals surface area (Å²) in [5, 5.41) is 13.2. The second kappa shape index (κ2) is 34.9. The van der Waals surface area contributed by atoms with E-state index in [1.165, 1.54) is 64.2 Å². The van der Waals surface area contributed by atoms with E-state index in [9.17, 15) is 22.9 Å². The van der Waals surface area contributed by atoms with E-state index >= 15 is 0 Å². The smallest absolute Gasteiger partial charge is 0.267 e. The van der Waals surface area contributed by atoms with Crippen LogP contribution in [0.2, 0.25) is 0 Å². The van der Waals surface area contributed by atoms with Crippen molar-refractivity contribution in [3.8, 4) is 0 Å². The molecule has 1 amide bonds. The molecule has 278 valence electrons. The minimum absolute atomic E-state index is 0.277. The van der Waals surface area contributed by atoms with Gasteiger partial charge < -0.3 is 10.4 Å². The molecule has 0 radical (unpaired) electrons. The molecule has 0 heterocycles. The Morgan fingerprint density at radius 1 is 0.583 bits per heavy atom. The Balaban J connectivity index is 3.99. The molecule has 0 saturated heterocycles. The molecule has 0 bridgehead atoms. The molecule has 0 aromatic carbocycles. The van der Waals surface area contributed by atoms with Crippen LogP contribution in [-0.4, -0.2) is 41.9 Å². The van der Waals surface area contributed by atoms with Gasteiger partial charge in [-0.05, 0) is 57.8 Å². The third kappa shape index (κ3) is 35.3. The SMILES string of the molecule is CC/C=C\C/C=C\C/C=C\C/C=C\CCCCCCCCC(=O)NC(CS(=O)(=O)O)C(O)/C=C/CCCCCCCCCCCCCC. The molecular weight excluding hydrogens is 619 g/mol. The first kappa shape index (κ1) is 46.0. The lowest BCUT2D eigenvalue weighted by molar-refractivity contribution is -0.122. The maximum Gasteiger partial charge on any atom is 0.267 e. The Morgan fingerprint density at radius 2 is 1.00 bits per heavy atom. The van der Waals surface area contributed by atoms with Crippen molar-refractivity contribution in [3.63, 3.8) is 0 Å². The highest BCUT2D eigenvalue weighted by atomic mass is 32.2. The largest absolute Gasteiger partial charge is 0.387 e. The molecule has 0 fully saturated rings. The topological polar surface area (TPSA) is 104 Å². The van der Waals surface area contributed by atoms with E-state index in [2.05, 4.69) is 67.8 Å². The number of aliphatic hydroxyl groups is 1. The molecular formula is C41H73NO5S. The predicted molar refractivity (Wildman–Crippen MR) is 207 cm³/mol. The zero-order chi connectivity index (χ0) is 35.4. The van der Waals surface area contributed by atoms with Crippen molar-refractivity contribution in [2.45, 2.75) is 187 Å². The summed E-state index contributed by atoms with van der Waals surface area (Å²) in [5.41, 5.74) is 0. The van der Waals surface area contributed by atoms with Gasteiger partial charge in [0.1, 0.15) is 0 Å². The molecule has 6 nitrogen and oxygen atoms in total. The van der Waals surface area contributed by atoms with Crippen LogP contribution in [0.1, 0.15) is 174 Å². The number of hydrogen-bond acceptors (Lipinski definition) is 4. The van der Waals surface area contributed by atoms with Gasteiger partial charge in [0.2, 0.25) is 5.91 Å². The quantitative estimate of drug-likeness (QED) is 0.0354. The third-order valence-electron chi connectivity index (χ3n) is 8.45. The van der Waals surface area contributed by atoms with Crippen LogP contribution in [0.4, 0.5) is 0 Å². The van der Waals surface area contributed by atoms with Gasteiger partial charge in [-0.2, -0.15) is 8.42 Å². The fourth-order valence-corrected chi connectivity index (χ4v) is 6.29. The Morgan fingerprint density at radius 3 is 1.48 bits per heavy atom. The summed E-state index contributed by atoms with van der Waals surface area (Å²) in [6.07, 6.45) is 47.7. The third-order valence-corrected chi connectivity index (χ3v) is 9.23. The summed E-state index contributed by atoms with van der Waals surface area (Å²) in [6, 6.07) is -1.07. The van der Waals surface area contributed by atoms with Gasteiger partial charge in [-0.25, -0.2) is 0 Å². The molecule has 3 N–H and O–H groups in total. The minimum Gasteiger partial charge on any atom is -0.387 e. The number of carbonyl (C=O) groups is 1. The number of rotatable bonds is 34. The molecule has 0 spiro atoms. The van der Waals surface area contributed by atoms with Crippen LogP contribution < -0.4 is 5.32 Å². The predicted octanol–water partition coefficient (Wildman–Crippen LogP) is 11.3. The molecule has 0 saturated carbocycles. The highest BCUT2D eigenvalue weighted by Crippen LogP contribution is 2.13. The lowest BCUT2D eigenvalue weighted by Gasteiger charge is -2.21. The summed E-state index contributed by atoms with van der Waals surface area (Å²) in [6.45, 7) is 4.40. The number of unbranched alkanes of at least 4 members (excludes halogenated alkanes) is 18. The first-order valence-electron chi connectivity index (χ1n) is 19.5.